The van der Waals surface area contributed by atoms with Crippen LogP contribution in [0.3, 0.4) is 0 Å². The highest BCUT2D eigenvalue weighted by atomic mass is 19.4. The number of hydrogen-bond donors (Lipinski definition) is 2. The number of nitrogens with zero attached hydrogens (tertiary/aromatic N) is 5. The number of rotatable bonds is 9. The number of anilines is 1. The van der Waals surface area contributed by atoms with Crippen molar-refractivity contribution in [2.45, 2.75) is 32.0 Å². The molecule has 1 aliphatic heterocycles. The van der Waals surface area contributed by atoms with E-state index < -0.39 is 23.9 Å². The van der Waals surface area contributed by atoms with E-state index >= 15 is 0 Å². The molecule has 11 nitrogen and oxygen atoms in total. The molecule has 2 aromatic heterocycles. The normalized spacial score (nSPS) is 17.4. The van der Waals surface area contributed by atoms with Gasteiger partial charge in [-0.15, -0.1) is 13.2 Å². The van der Waals surface area contributed by atoms with Crippen LogP contribution < -0.4 is 19.1 Å². The van der Waals surface area contributed by atoms with Gasteiger partial charge in [0.05, 0.1) is 13.7 Å². The van der Waals surface area contributed by atoms with Gasteiger partial charge in [-0.3, -0.25) is 14.4 Å². The number of aliphatic hydroxyl groups excluding tert-OH is 1. The average Bonchev–Trinajstić information content (AvgIpc) is 3.21. The topological polar surface area (TPSA) is 122 Å². The second-order valence-electron chi connectivity index (χ2n) is 8.58. The zero-order valence-electron chi connectivity index (χ0n) is 20.8. The third kappa shape index (κ3) is 5.45. The van der Waals surface area contributed by atoms with Gasteiger partial charge in [0.25, 0.3) is 0 Å². The molecule has 0 radical (unpaired) electrons. The van der Waals surface area contributed by atoms with E-state index in [4.69, 9.17) is 9.47 Å². The molecular weight excluding hydrogens is 511 g/mol. The maximum Gasteiger partial charge on any atom is 0.573 e. The zero-order chi connectivity index (χ0) is 27.7. The number of carbonyl (C=O) groups is 1. The fraction of sp³-hybridized carbons (Fsp3) is 0.375. The Morgan fingerprint density at radius 1 is 1.16 bits per heavy atom. The molecule has 38 heavy (non-hydrogen) atoms. The van der Waals surface area contributed by atoms with Crippen molar-refractivity contribution >= 4 is 11.8 Å². The smallest absolute Gasteiger partial charge is 0.481 e. The molecule has 2 N–H and O–H groups in total. The second kappa shape index (κ2) is 10.4. The van der Waals surface area contributed by atoms with Crippen molar-refractivity contribution in [3.8, 4) is 23.4 Å². The molecule has 4 rings (SSSR count). The highest BCUT2D eigenvalue weighted by Gasteiger charge is 2.48. The number of carbonyl (C=O) groups excluding carboxylic acids is 1. The number of methoxy groups -OCH3 is 1. The van der Waals surface area contributed by atoms with Crippen LogP contribution in [0.2, 0.25) is 0 Å². The molecule has 2 amide bonds. The summed E-state index contributed by atoms with van der Waals surface area (Å²) in [6.07, 6.45) is -3.13. The van der Waals surface area contributed by atoms with Gasteiger partial charge in [0.1, 0.15) is 17.2 Å². The molecular formula is C24H26F3N5O6. The largest absolute Gasteiger partial charge is 0.573 e. The van der Waals surface area contributed by atoms with Gasteiger partial charge in [0.2, 0.25) is 5.88 Å². The Bertz CT molecular complexity index is 1300. The maximum absolute atomic E-state index is 13.1. The Morgan fingerprint density at radius 2 is 1.89 bits per heavy atom. The summed E-state index contributed by atoms with van der Waals surface area (Å²) in [5.41, 5.74) is -1.02. The molecule has 1 unspecified atom stereocenters. The number of imidazole rings is 1. The number of alkyl halides is 3. The van der Waals surface area contributed by atoms with Crippen LogP contribution in [0.4, 0.5) is 23.8 Å². The van der Waals surface area contributed by atoms with Crippen molar-refractivity contribution in [3.05, 3.63) is 53.9 Å². The van der Waals surface area contributed by atoms with Gasteiger partial charge in [-0.1, -0.05) is 12.1 Å². The number of halogens is 3. The Hall–Kier alpha value is -4.04. The molecule has 0 saturated carbocycles. The van der Waals surface area contributed by atoms with Gasteiger partial charge >= 0.3 is 18.4 Å². The molecule has 1 aliphatic rings. The molecule has 3 aromatic rings. The lowest BCUT2D eigenvalue weighted by atomic mass is 10.1. The molecule has 0 fully saturated rings. The van der Waals surface area contributed by atoms with Crippen LogP contribution in [0.15, 0.2) is 42.6 Å². The van der Waals surface area contributed by atoms with E-state index in [0.29, 0.717) is 11.4 Å². The first-order valence-electron chi connectivity index (χ1n) is 11.5. The third-order valence-electron chi connectivity index (χ3n) is 5.86. The number of aliphatic hydroxyl groups is 2. The first kappa shape index (κ1) is 27.0. The summed E-state index contributed by atoms with van der Waals surface area (Å²) < 4.78 is 54.6. The van der Waals surface area contributed by atoms with E-state index in [1.165, 1.54) is 47.6 Å². The lowest BCUT2D eigenvalue weighted by Crippen LogP contribution is -2.57. The van der Waals surface area contributed by atoms with Crippen LogP contribution in [0.25, 0.3) is 0 Å². The van der Waals surface area contributed by atoms with Crippen LogP contribution in [-0.2, 0) is 12.3 Å². The standard InChI is InChI=1S/C24H26F3N5O6/c1-23(35)19-20(30(2)22(34)32(23)10-5-11-33)29-21(31(19)14-15-8-9-18(36-3)28-13-15)37-16-6-4-7-17(12-16)38-24(25,26)27/h4,6-9,12-13,33,35H,5,10-11,14H2,1-3H3. The van der Waals surface area contributed by atoms with Gasteiger partial charge in [0, 0.05) is 38.5 Å². The predicted molar refractivity (Wildman–Crippen MR) is 127 cm³/mol. The van der Waals surface area contributed by atoms with Crippen molar-refractivity contribution in [3.63, 3.8) is 0 Å². The summed E-state index contributed by atoms with van der Waals surface area (Å²) in [4.78, 5) is 24.1. The van der Waals surface area contributed by atoms with Crippen LogP contribution in [0.5, 0.6) is 23.4 Å². The Balaban J connectivity index is 1.80. The highest BCUT2D eigenvalue weighted by Crippen LogP contribution is 2.42. The lowest BCUT2D eigenvalue weighted by molar-refractivity contribution is -0.274. The van der Waals surface area contributed by atoms with Crippen molar-refractivity contribution in [1.29, 1.82) is 0 Å². The molecule has 3 heterocycles. The zero-order valence-corrected chi connectivity index (χ0v) is 20.8. The quantitative estimate of drug-likeness (QED) is 0.426. The molecule has 0 aliphatic carbocycles. The second-order valence-corrected chi connectivity index (χ2v) is 8.58. The fourth-order valence-corrected chi connectivity index (χ4v) is 4.12. The van der Waals surface area contributed by atoms with Gasteiger partial charge in [0.15, 0.2) is 11.5 Å². The van der Waals surface area contributed by atoms with E-state index in [0.717, 1.165) is 12.1 Å². The number of amides is 2. The molecule has 14 heteroatoms. The van der Waals surface area contributed by atoms with E-state index in [1.54, 1.807) is 18.3 Å². The number of hydrogen-bond acceptors (Lipinski definition) is 8. The Labute approximate surface area is 215 Å². The highest BCUT2D eigenvalue weighted by molar-refractivity contribution is 5.94. The van der Waals surface area contributed by atoms with Gasteiger partial charge in [-0.05, 0) is 31.0 Å². The molecule has 204 valence electrons. The minimum absolute atomic E-state index is 0.0195. The summed E-state index contributed by atoms with van der Waals surface area (Å²) in [6, 6.07) is 7.61. The molecule has 0 saturated heterocycles. The van der Waals surface area contributed by atoms with Crippen LogP contribution in [-0.4, -0.2) is 69.4 Å². The summed E-state index contributed by atoms with van der Waals surface area (Å²) in [6.45, 7) is 1.34. The number of fused-ring (bicyclic) bond motifs is 1. The van der Waals surface area contributed by atoms with Crippen molar-refractivity contribution in [2.24, 2.45) is 0 Å². The minimum Gasteiger partial charge on any atom is -0.481 e. The number of aromatic nitrogens is 3. The minimum atomic E-state index is -4.89. The summed E-state index contributed by atoms with van der Waals surface area (Å²) in [7, 11) is 2.94. The van der Waals surface area contributed by atoms with E-state index in [2.05, 4.69) is 14.7 Å². The van der Waals surface area contributed by atoms with E-state index in [9.17, 15) is 28.2 Å². The van der Waals surface area contributed by atoms with Crippen LogP contribution >= 0.6 is 0 Å². The first-order chi connectivity index (χ1) is 17.9. The molecule has 0 bridgehead atoms. The summed E-state index contributed by atoms with van der Waals surface area (Å²) in [5.74, 6) is -0.0352. The fourth-order valence-electron chi connectivity index (χ4n) is 4.12. The van der Waals surface area contributed by atoms with E-state index in [-0.39, 0.29) is 49.4 Å². The molecule has 0 spiro atoms. The van der Waals surface area contributed by atoms with Gasteiger partial charge in [-0.25, -0.2) is 9.78 Å². The van der Waals surface area contributed by atoms with E-state index in [1.807, 2.05) is 0 Å². The SMILES string of the molecule is COc1ccc(Cn2c(Oc3cccc(OC(F)(F)F)c3)nc3c2C(C)(O)N(CCCO)C(=O)N3C)cn1. The first-order valence-corrected chi connectivity index (χ1v) is 11.5. The van der Waals surface area contributed by atoms with Crippen LogP contribution in [0, 0.1) is 0 Å². The van der Waals surface area contributed by atoms with Crippen LogP contribution in [0.1, 0.15) is 24.6 Å². The molecule has 1 atom stereocenters. The number of pyridine rings is 1. The lowest BCUT2D eigenvalue weighted by Gasteiger charge is -2.43. The number of urea groups is 1. The summed E-state index contributed by atoms with van der Waals surface area (Å²) >= 11 is 0. The maximum atomic E-state index is 13.1. The predicted octanol–water partition coefficient (Wildman–Crippen LogP) is 3.45. The van der Waals surface area contributed by atoms with Crippen molar-refractivity contribution < 1.29 is 42.4 Å². The Morgan fingerprint density at radius 3 is 2.53 bits per heavy atom. The van der Waals surface area contributed by atoms with Gasteiger partial charge < -0.3 is 24.4 Å². The van der Waals surface area contributed by atoms with Crippen molar-refractivity contribution in [2.75, 3.05) is 32.2 Å². The number of ether oxygens (including phenoxy) is 3. The van der Waals surface area contributed by atoms with Gasteiger partial charge in [-0.2, -0.15) is 4.98 Å². The monoisotopic (exact) mass is 537 g/mol. The Kier molecular flexibility index (Phi) is 7.37. The molecule has 1 aromatic carbocycles. The number of benzene rings is 1. The third-order valence-corrected chi connectivity index (χ3v) is 5.86. The average molecular weight is 537 g/mol. The van der Waals surface area contributed by atoms with Crippen molar-refractivity contribution in [1.82, 2.24) is 19.4 Å². The summed E-state index contributed by atoms with van der Waals surface area (Å²) in [5, 5.41) is 20.9.